The number of para-hydroxylation sites is 2. The minimum Gasteiger partial charge on any atom is -0.481 e. The van der Waals surface area contributed by atoms with Crippen molar-refractivity contribution in [2.75, 3.05) is 18.4 Å². The number of fused-ring (bicyclic) bond motifs is 1. The van der Waals surface area contributed by atoms with Gasteiger partial charge in [-0.05, 0) is 38.0 Å². The largest absolute Gasteiger partial charge is 0.481 e. The lowest BCUT2D eigenvalue weighted by Crippen LogP contribution is -2.44. The molecule has 3 N–H and O–H groups in total. The number of guanidine groups is 1. The van der Waals surface area contributed by atoms with Crippen molar-refractivity contribution in [3.05, 3.63) is 70.4 Å². The van der Waals surface area contributed by atoms with Gasteiger partial charge in [0.05, 0.1) is 11.5 Å². The highest BCUT2D eigenvalue weighted by Crippen LogP contribution is 2.36. The molecule has 3 heterocycles. The summed E-state index contributed by atoms with van der Waals surface area (Å²) in [6.07, 6.45) is 0.844. The summed E-state index contributed by atoms with van der Waals surface area (Å²) >= 11 is 6.52. The zero-order valence-corrected chi connectivity index (χ0v) is 19.7. The molecule has 0 bridgehead atoms. The standard InChI is InChI=1S/C25H24ClN5O4/c1-14-20(22(32)31-12-10-15(11-13-31)23(33)34)21(16-6-2-3-7-17(16)26)29-24(27-14)30-25-28-18-8-4-5-9-19(18)35-25/h2-9,15,21H,10-13H2,1H3,(H,33,34)(H2,27,28,29,30). The summed E-state index contributed by atoms with van der Waals surface area (Å²) in [6.45, 7) is 2.56. The Balaban J connectivity index is 1.45. The highest BCUT2D eigenvalue weighted by Gasteiger charge is 2.35. The van der Waals surface area contributed by atoms with Crippen LogP contribution in [0.3, 0.4) is 0 Å². The van der Waals surface area contributed by atoms with E-state index in [1.54, 1.807) is 11.0 Å². The topological polar surface area (TPSA) is 120 Å². The van der Waals surface area contributed by atoms with E-state index in [2.05, 4.69) is 15.6 Å². The average Bonchev–Trinajstić information content (AvgIpc) is 3.26. The van der Waals surface area contributed by atoms with Crippen molar-refractivity contribution in [3.8, 4) is 0 Å². The molecule has 2 aromatic carbocycles. The molecule has 1 fully saturated rings. The van der Waals surface area contributed by atoms with E-state index in [4.69, 9.17) is 21.0 Å². The second-order valence-corrected chi connectivity index (χ2v) is 8.99. The first-order valence-electron chi connectivity index (χ1n) is 11.4. The minimum atomic E-state index is -0.819. The Morgan fingerprint density at radius 3 is 2.57 bits per heavy atom. The van der Waals surface area contributed by atoms with Crippen LogP contribution in [0.25, 0.3) is 11.1 Å². The number of carboxylic acid groups (broad SMARTS) is 1. The Morgan fingerprint density at radius 1 is 1.14 bits per heavy atom. The average molecular weight is 494 g/mol. The van der Waals surface area contributed by atoms with E-state index < -0.39 is 17.9 Å². The second kappa shape index (κ2) is 9.42. The van der Waals surface area contributed by atoms with Gasteiger partial charge in [-0.3, -0.25) is 14.9 Å². The number of carboxylic acids is 1. The molecule has 2 aliphatic rings. The van der Waals surface area contributed by atoms with E-state index in [-0.39, 0.29) is 11.9 Å². The molecule has 1 saturated heterocycles. The van der Waals surface area contributed by atoms with Crippen LogP contribution in [0.5, 0.6) is 0 Å². The SMILES string of the molecule is CC1=C(C(=O)N2CCC(C(=O)O)CC2)C(c2ccccc2Cl)N=C(Nc2nc3ccccc3o2)N1. The first-order chi connectivity index (χ1) is 16.9. The summed E-state index contributed by atoms with van der Waals surface area (Å²) in [7, 11) is 0. The van der Waals surface area contributed by atoms with Crippen LogP contribution in [-0.4, -0.2) is 45.9 Å². The van der Waals surface area contributed by atoms with Crippen LogP contribution >= 0.6 is 11.6 Å². The quantitative estimate of drug-likeness (QED) is 0.498. The van der Waals surface area contributed by atoms with Crippen LogP contribution in [0.2, 0.25) is 5.02 Å². The zero-order chi connectivity index (χ0) is 24.5. The number of likely N-dealkylation sites (tertiary alicyclic amines) is 1. The number of oxazole rings is 1. The van der Waals surface area contributed by atoms with Gasteiger partial charge >= 0.3 is 12.0 Å². The van der Waals surface area contributed by atoms with Gasteiger partial charge in [-0.15, -0.1) is 0 Å². The molecule has 1 atom stereocenters. The van der Waals surface area contributed by atoms with Gasteiger partial charge in [0.15, 0.2) is 5.58 Å². The van der Waals surface area contributed by atoms with Crippen LogP contribution in [0.4, 0.5) is 6.01 Å². The monoisotopic (exact) mass is 493 g/mol. The number of nitrogens with one attached hydrogen (secondary N) is 2. The number of aliphatic carboxylic acids is 1. The zero-order valence-electron chi connectivity index (χ0n) is 19.0. The van der Waals surface area contributed by atoms with E-state index in [1.165, 1.54) is 0 Å². The fourth-order valence-corrected chi connectivity index (χ4v) is 4.70. The predicted molar refractivity (Wildman–Crippen MR) is 132 cm³/mol. The molecule has 2 aliphatic heterocycles. The number of hydrogen-bond donors (Lipinski definition) is 3. The molecule has 1 aromatic heterocycles. The van der Waals surface area contributed by atoms with Crippen molar-refractivity contribution in [3.63, 3.8) is 0 Å². The number of nitrogens with zero attached hydrogens (tertiary/aromatic N) is 3. The maximum absolute atomic E-state index is 13.6. The number of benzene rings is 2. The number of carbonyl (C=O) groups is 2. The number of aromatic nitrogens is 1. The van der Waals surface area contributed by atoms with Crippen molar-refractivity contribution < 1.29 is 19.1 Å². The first kappa shape index (κ1) is 22.9. The number of hydrogen-bond acceptors (Lipinski definition) is 7. The third-order valence-corrected chi connectivity index (χ3v) is 6.67. The van der Waals surface area contributed by atoms with Crippen molar-refractivity contribution in [2.24, 2.45) is 10.9 Å². The van der Waals surface area contributed by atoms with E-state index in [9.17, 15) is 14.7 Å². The van der Waals surface area contributed by atoms with Gasteiger partial charge in [-0.25, -0.2) is 4.99 Å². The van der Waals surface area contributed by atoms with Crippen molar-refractivity contribution in [2.45, 2.75) is 25.8 Å². The highest BCUT2D eigenvalue weighted by molar-refractivity contribution is 6.31. The molecule has 0 aliphatic carbocycles. The third-order valence-electron chi connectivity index (χ3n) is 6.32. The number of amides is 1. The number of carbonyl (C=O) groups excluding carboxylic acids is 1. The Bertz CT molecular complexity index is 1320. The summed E-state index contributed by atoms with van der Waals surface area (Å²) in [4.78, 5) is 35.9. The van der Waals surface area contributed by atoms with Gasteiger partial charge < -0.3 is 19.7 Å². The summed E-state index contributed by atoms with van der Waals surface area (Å²) in [5, 5.41) is 16.0. The maximum Gasteiger partial charge on any atom is 0.306 e. The van der Waals surface area contributed by atoms with Gasteiger partial charge in [0.2, 0.25) is 5.96 Å². The lowest BCUT2D eigenvalue weighted by atomic mass is 9.92. The van der Waals surface area contributed by atoms with Crippen LogP contribution in [0, 0.1) is 5.92 Å². The molecule has 3 aromatic rings. The Labute approximate surface area is 206 Å². The molecule has 0 radical (unpaired) electrons. The summed E-state index contributed by atoms with van der Waals surface area (Å²) < 4.78 is 5.76. The normalized spacial score (nSPS) is 18.9. The molecule has 10 heteroatoms. The molecule has 180 valence electrons. The van der Waals surface area contributed by atoms with Crippen LogP contribution in [-0.2, 0) is 9.59 Å². The molecule has 5 rings (SSSR count). The van der Waals surface area contributed by atoms with Crippen molar-refractivity contribution in [1.29, 1.82) is 0 Å². The fourth-order valence-electron chi connectivity index (χ4n) is 4.47. The Hall–Kier alpha value is -3.85. The van der Waals surface area contributed by atoms with Crippen LogP contribution in [0.1, 0.15) is 31.4 Å². The molecular formula is C25H24ClN5O4. The maximum atomic E-state index is 13.6. The molecule has 35 heavy (non-hydrogen) atoms. The van der Waals surface area contributed by atoms with Crippen molar-refractivity contribution in [1.82, 2.24) is 15.2 Å². The van der Waals surface area contributed by atoms with E-state index in [0.717, 1.165) is 0 Å². The third kappa shape index (κ3) is 4.59. The first-order valence-corrected chi connectivity index (χ1v) is 11.7. The fraction of sp³-hybridized carbons (Fsp3) is 0.280. The van der Waals surface area contributed by atoms with Gasteiger partial charge in [0.25, 0.3) is 5.91 Å². The summed E-state index contributed by atoms with van der Waals surface area (Å²) in [6, 6.07) is 14.3. The number of halogens is 1. The number of aliphatic imine (C=N–C) groups is 1. The molecular weight excluding hydrogens is 470 g/mol. The summed E-state index contributed by atoms with van der Waals surface area (Å²) in [5.41, 5.74) is 3.13. The van der Waals surface area contributed by atoms with Gasteiger partial charge in [-0.1, -0.05) is 41.9 Å². The van der Waals surface area contributed by atoms with Gasteiger partial charge in [-0.2, -0.15) is 4.98 Å². The number of anilines is 1. The molecule has 1 amide bonds. The highest BCUT2D eigenvalue weighted by atomic mass is 35.5. The smallest absolute Gasteiger partial charge is 0.306 e. The molecule has 0 spiro atoms. The minimum absolute atomic E-state index is 0.187. The second-order valence-electron chi connectivity index (χ2n) is 8.58. The van der Waals surface area contributed by atoms with Crippen LogP contribution < -0.4 is 10.6 Å². The van der Waals surface area contributed by atoms with E-state index in [0.29, 0.717) is 64.8 Å². The van der Waals surface area contributed by atoms with Crippen molar-refractivity contribution >= 4 is 46.6 Å². The van der Waals surface area contributed by atoms with Crippen LogP contribution in [0.15, 0.2) is 69.2 Å². The summed E-state index contributed by atoms with van der Waals surface area (Å²) in [5.74, 6) is -1.06. The number of allylic oxidation sites excluding steroid dienone is 1. The number of rotatable bonds is 4. The Morgan fingerprint density at radius 2 is 1.86 bits per heavy atom. The van der Waals surface area contributed by atoms with Gasteiger partial charge in [0.1, 0.15) is 11.6 Å². The molecule has 9 nitrogen and oxygen atoms in total. The predicted octanol–water partition coefficient (Wildman–Crippen LogP) is 4.19. The number of piperidine rings is 1. The lowest BCUT2D eigenvalue weighted by molar-refractivity contribution is -0.145. The lowest BCUT2D eigenvalue weighted by Gasteiger charge is -2.34. The Kier molecular flexibility index (Phi) is 6.17. The van der Waals surface area contributed by atoms with E-state index >= 15 is 0 Å². The van der Waals surface area contributed by atoms with E-state index in [1.807, 2.05) is 49.4 Å². The van der Waals surface area contributed by atoms with Gasteiger partial charge in [0, 0.05) is 29.4 Å². The molecule has 1 unspecified atom stereocenters. The molecule has 0 saturated carbocycles.